The van der Waals surface area contributed by atoms with Crippen LogP contribution in [-0.2, 0) is 11.4 Å². The van der Waals surface area contributed by atoms with Gasteiger partial charge in [0.1, 0.15) is 5.82 Å². The Hall–Kier alpha value is -0.930. The molecule has 76 valence electrons. The van der Waals surface area contributed by atoms with Crippen LogP contribution in [0.3, 0.4) is 0 Å². The SMILES string of the molecule is Fc1ccc(CON2CCCC2)cc1. The summed E-state index contributed by atoms with van der Waals surface area (Å²) in [6.45, 7) is 2.57. The number of rotatable bonds is 3. The predicted octanol–water partition coefficient (Wildman–Crippen LogP) is 2.35. The summed E-state index contributed by atoms with van der Waals surface area (Å²) in [6, 6.07) is 6.43. The van der Waals surface area contributed by atoms with Crippen LogP contribution in [-0.4, -0.2) is 18.2 Å². The lowest BCUT2D eigenvalue weighted by Gasteiger charge is -2.14. The van der Waals surface area contributed by atoms with Gasteiger partial charge in [-0.1, -0.05) is 12.1 Å². The first-order valence-corrected chi connectivity index (χ1v) is 4.97. The van der Waals surface area contributed by atoms with Crippen molar-refractivity contribution in [2.75, 3.05) is 13.1 Å². The van der Waals surface area contributed by atoms with E-state index in [0.29, 0.717) is 6.61 Å². The number of benzene rings is 1. The Labute approximate surface area is 83.2 Å². The standard InChI is InChI=1S/C11H14FNO/c12-11-5-3-10(4-6-11)9-14-13-7-1-2-8-13/h3-6H,1-2,7-9H2. The summed E-state index contributed by atoms with van der Waals surface area (Å²) < 4.78 is 12.6. The van der Waals surface area contributed by atoms with Gasteiger partial charge in [-0.15, -0.1) is 0 Å². The third kappa shape index (κ3) is 2.53. The first-order valence-electron chi connectivity index (χ1n) is 4.97. The summed E-state index contributed by atoms with van der Waals surface area (Å²) in [7, 11) is 0. The topological polar surface area (TPSA) is 12.5 Å². The Morgan fingerprint density at radius 2 is 1.79 bits per heavy atom. The van der Waals surface area contributed by atoms with Crippen molar-refractivity contribution < 1.29 is 9.23 Å². The second-order valence-electron chi connectivity index (χ2n) is 3.54. The zero-order chi connectivity index (χ0) is 9.80. The molecule has 0 aromatic heterocycles. The smallest absolute Gasteiger partial charge is 0.123 e. The second kappa shape index (κ2) is 4.53. The molecule has 1 aliphatic heterocycles. The van der Waals surface area contributed by atoms with Crippen molar-refractivity contribution >= 4 is 0 Å². The molecule has 0 radical (unpaired) electrons. The van der Waals surface area contributed by atoms with Crippen LogP contribution in [0.25, 0.3) is 0 Å². The summed E-state index contributed by atoms with van der Waals surface area (Å²) >= 11 is 0. The maximum Gasteiger partial charge on any atom is 0.123 e. The molecule has 3 heteroatoms. The molecule has 1 fully saturated rings. The summed E-state index contributed by atoms with van der Waals surface area (Å²) in [5.74, 6) is -0.199. The van der Waals surface area contributed by atoms with Gasteiger partial charge in [-0.25, -0.2) is 4.39 Å². The van der Waals surface area contributed by atoms with Crippen molar-refractivity contribution in [1.82, 2.24) is 5.06 Å². The zero-order valence-electron chi connectivity index (χ0n) is 8.08. The van der Waals surface area contributed by atoms with Crippen molar-refractivity contribution in [3.05, 3.63) is 35.6 Å². The minimum atomic E-state index is -0.199. The number of hydroxylamine groups is 2. The Bertz CT molecular complexity index is 280. The molecule has 0 amide bonds. The first kappa shape index (κ1) is 9.62. The Morgan fingerprint density at radius 3 is 2.43 bits per heavy atom. The van der Waals surface area contributed by atoms with E-state index in [1.807, 2.05) is 5.06 Å². The number of hydrogen-bond acceptors (Lipinski definition) is 2. The van der Waals surface area contributed by atoms with Crippen LogP contribution in [0.4, 0.5) is 4.39 Å². The second-order valence-corrected chi connectivity index (χ2v) is 3.54. The lowest BCUT2D eigenvalue weighted by atomic mass is 10.2. The van der Waals surface area contributed by atoms with E-state index >= 15 is 0 Å². The van der Waals surface area contributed by atoms with E-state index in [0.717, 1.165) is 18.7 Å². The normalized spacial score (nSPS) is 17.5. The molecule has 1 aromatic rings. The lowest BCUT2D eigenvalue weighted by molar-refractivity contribution is -0.153. The Kier molecular flexibility index (Phi) is 3.11. The molecule has 14 heavy (non-hydrogen) atoms. The van der Waals surface area contributed by atoms with E-state index in [1.165, 1.54) is 25.0 Å². The van der Waals surface area contributed by atoms with Gasteiger partial charge in [0.15, 0.2) is 0 Å². The number of hydrogen-bond donors (Lipinski definition) is 0. The van der Waals surface area contributed by atoms with Gasteiger partial charge in [-0.2, -0.15) is 5.06 Å². The molecule has 0 unspecified atom stereocenters. The number of halogens is 1. The molecule has 1 aromatic carbocycles. The zero-order valence-corrected chi connectivity index (χ0v) is 8.08. The van der Waals surface area contributed by atoms with Crippen molar-refractivity contribution in [3.63, 3.8) is 0 Å². The molecule has 2 rings (SSSR count). The summed E-state index contributed by atoms with van der Waals surface area (Å²) in [6.07, 6.45) is 2.42. The van der Waals surface area contributed by atoms with Gasteiger partial charge < -0.3 is 0 Å². The Morgan fingerprint density at radius 1 is 1.14 bits per heavy atom. The van der Waals surface area contributed by atoms with Crippen molar-refractivity contribution in [1.29, 1.82) is 0 Å². The van der Waals surface area contributed by atoms with Gasteiger partial charge >= 0.3 is 0 Å². The highest BCUT2D eigenvalue weighted by Crippen LogP contribution is 2.10. The van der Waals surface area contributed by atoms with Crippen LogP contribution in [0.15, 0.2) is 24.3 Å². The average Bonchev–Trinajstić information content (AvgIpc) is 2.70. The number of nitrogens with zero attached hydrogens (tertiary/aromatic N) is 1. The van der Waals surface area contributed by atoms with Gasteiger partial charge in [0.05, 0.1) is 6.61 Å². The highest BCUT2D eigenvalue weighted by molar-refractivity contribution is 5.14. The monoisotopic (exact) mass is 195 g/mol. The highest BCUT2D eigenvalue weighted by atomic mass is 19.1. The van der Waals surface area contributed by atoms with E-state index in [-0.39, 0.29) is 5.82 Å². The molecule has 1 aliphatic rings. The summed E-state index contributed by atoms with van der Waals surface area (Å²) in [5, 5.41) is 1.98. The Balaban J connectivity index is 1.82. The van der Waals surface area contributed by atoms with Crippen LogP contribution in [0.2, 0.25) is 0 Å². The van der Waals surface area contributed by atoms with Gasteiger partial charge in [-0.3, -0.25) is 4.84 Å². The van der Waals surface area contributed by atoms with E-state index in [1.54, 1.807) is 12.1 Å². The minimum Gasteiger partial charge on any atom is -0.294 e. The molecule has 0 atom stereocenters. The van der Waals surface area contributed by atoms with E-state index in [2.05, 4.69) is 0 Å². The van der Waals surface area contributed by atoms with Gasteiger partial charge in [0, 0.05) is 13.1 Å². The average molecular weight is 195 g/mol. The molecule has 0 aliphatic carbocycles. The third-order valence-corrected chi connectivity index (χ3v) is 2.39. The van der Waals surface area contributed by atoms with Crippen molar-refractivity contribution in [3.8, 4) is 0 Å². The highest BCUT2D eigenvalue weighted by Gasteiger charge is 2.11. The van der Waals surface area contributed by atoms with Crippen LogP contribution in [0.5, 0.6) is 0 Å². The van der Waals surface area contributed by atoms with Crippen LogP contribution >= 0.6 is 0 Å². The molecular formula is C11H14FNO. The fourth-order valence-corrected chi connectivity index (χ4v) is 1.56. The maximum absolute atomic E-state index is 12.6. The lowest BCUT2D eigenvalue weighted by Crippen LogP contribution is -2.19. The fourth-order valence-electron chi connectivity index (χ4n) is 1.56. The molecule has 1 saturated heterocycles. The minimum absolute atomic E-state index is 0.199. The summed E-state index contributed by atoms with van der Waals surface area (Å²) in [4.78, 5) is 5.54. The molecule has 0 bridgehead atoms. The quantitative estimate of drug-likeness (QED) is 0.734. The molecule has 1 heterocycles. The van der Waals surface area contributed by atoms with E-state index in [9.17, 15) is 4.39 Å². The van der Waals surface area contributed by atoms with Crippen LogP contribution in [0.1, 0.15) is 18.4 Å². The molecule has 0 saturated carbocycles. The molecular weight excluding hydrogens is 181 g/mol. The van der Waals surface area contributed by atoms with Gasteiger partial charge in [0.25, 0.3) is 0 Å². The van der Waals surface area contributed by atoms with Crippen LogP contribution < -0.4 is 0 Å². The largest absolute Gasteiger partial charge is 0.294 e. The van der Waals surface area contributed by atoms with Gasteiger partial charge in [0.2, 0.25) is 0 Å². The van der Waals surface area contributed by atoms with E-state index < -0.39 is 0 Å². The first-order chi connectivity index (χ1) is 6.84. The molecule has 2 nitrogen and oxygen atoms in total. The van der Waals surface area contributed by atoms with Gasteiger partial charge in [-0.05, 0) is 30.5 Å². The molecule has 0 N–H and O–H groups in total. The third-order valence-electron chi connectivity index (χ3n) is 2.39. The summed E-state index contributed by atoms with van der Waals surface area (Å²) in [5.41, 5.74) is 1.01. The van der Waals surface area contributed by atoms with Crippen molar-refractivity contribution in [2.45, 2.75) is 19.4 Å². The predicted molar refractivity (Wildman–Crippen MR) is 52.0 cm³/mol. The fraction of sp³-hybridized carbons (Fsp3) is 0.455. The van der Waals surface area contributed by atoms with Crippen molar-refractivity contribution in [2.24, 2.45) is 0 Å². The van der Waals surface area contributed by atoms with E-state index in [4.69, 9.17) is 4.84 Å². The maximum atomic E-state index is 12.6. The molecule has 0 spiro atoms. The van der Waals surface area contributed by atoms with Crippen LogP contribution in [0, 0.1) is 5.82 Å².